The van der Waals surface area contributed by atoms with E-state index >= 15 is 0 Å². The van der Waals surface area contributed by atoms with E-state index in [1.807, 2.05) is 0 Å². The Morgan fingerprint density at radius 2 is 2.00 bits per heavy atom. The molecule has 0 aromatic rings. The maximum absolute atomic E-state index is 9.70. The van der Waals surface area contributed by atoms with E-state index in [1.54, 1.807) is 12.2 Å². The summed E-state index contributed by atoms with van der Waals surface area (Å²) >= 11 is 6.06. The molecule has 2 atom stereocenters. The summed E-state index contributed by atoms with van der Waals surface area (Å²) in [4.78, 5) is 0. The number of halogens is 1. The van der Waals surface area contributed by atoms with Gasteiger partial charge in [0.2, 0.25) is 0 Å². The SMILES string of the molecule is C#C/C=C\C[C@H](O)[C@@H](Cl)C/C=C\CCCCC. The molecule has 0 aliphatic heterocycles. The largest absolute Gasteiger partial charge is 0.391 e. The molecular weight excluding hydrogens is 232 g/mol. The van der Waals surface area contributed by atoms with Gasteiger partial charge < -0.3 is 5.11 Å². The van der Waals surface area contributed by atoms with Gasteiger partial charge in [-0.25, -0.2) is 0 Å². The van der Waals surface area contributed by atoms with Gasteiger partial charge in [0.15, 0.2) is 0 Å². The highest BCUT2D eigenvalue weighted by Crippen LogP contribution is 2.13. The number of rotatable bonds is 9. The third-order valence-corrected chi connectivity index (χ3v) is 2.98. The fraction of sp³-hybridized carbons (Fsp3) is 0.600. The Labute approximate surface area is 111 Å². The van der Waals surface area contributed by atoms with Gasteiger partial charge in [0.05, 0.1) is 11.5 Å². The number of unbranched alkanes of at least 4 members (excludes halogenated alkanes) is 3. The van der Waals surface area contributed by atoms with Crippen molar-refractivity contribution >= 4 is 11.6 Å². The van der Waals surface area contributed by atoms with Crippen molar-refractivity contribution in [3.05, 3.63) is 24.3 Å². The van der Waals surface area contributed by atoms with Crippen molar-refractivity contribution in [3.63, 3.8) is 0 Å². The number of allylic oxidation sites excluding steroid dienone is 3. The minimum absolute atomic E-state index is 0.236. The van der Waals surface area contributed by atoms with Crippen LogP contribution in [0.5, 0.6) is 0 Å². The van der Waals surface area contributed by atoms with Crippen molar-refractivity contribution in [1.82, 2.24) is 0 Å². The van der Waals surface area contributed by atoms with Crippen molar-refractivity contribution in [1.29, 1.82) is 0 Å². The first-order valence-electron chi connectivity index (χ1n) is 6.30. The van der Waals surface area contributed by atoms with Crippen LogP contribution >= 0.6 is 11.6 Å². The van der Waals surface area contributed by atoms with Crippen LogP contribution in [0.15, 0.2) is 24.3 Å². The van der Waals surface area contributed by atoms with Crippen molar-refractivity contribution < 1.29 is 5.11 Å². The molecule has 17 heavy (non-hydrogen) atoms. The molecule has 0 unspecified atom stereocenters. The Bertz CT molecular complexity index is 263. The summed E-state index contributed by atoms with van der Waals surface area (Å²) in [6, 6.07) is 0. The average Bonchev–Trinajstić information content (AvgIpc) is 2.33. The zero-order valence-electron chi connectivity index (χ0n) is 10.6. The van der Waals surface area contributed by atoms with Crippen molar-refractivity contribution in [3.8, 4) is 12.3 Å². The van der Waals surface area contributed by atoms with Gasteiger partial charge in [0, 0.05) is 0 Å². The molecule has 96 valence electrons. The van der Waals surface area contributed by atoms with Crippen LogP contribution in [-0.4, -0.2) is 16.6 Å². The summed E-state index contributed by atoms with van der Waals surface area (Å²) in [6.45, 7) is 2.19. The number of hydrogen-bond acceptors (Lipinski definition) is 1. The molecule has 0 radical (unpaired) electrons. The van der Waals surface area contributed by atoms with Gasteiger partial charge in [-0.3, -0.25) is 0 Å². The first-order chi connectivity index (χ1) is 8.22. The quantitative estimate of drug-likeness (QED) is 0.285. The van der Waals surface area contributed by atoms with Gasteiger partial charge in [-0.15, -0.1) is 18.0 Å². The molecule has 0 saturated heterocycles. The lowest BCUT2D eigenvalue weighted by molar-refractivity contribution is 0.172. The Balaban J connectivity index is 3.66. The number of hydrogen-bond donors (Lipinski definition) is 1. The summed E-state index contributed by atoms with van der Waals surface area (Å²) in [5.41, 5.74) is 0. The van der Waals surface area contributed by atoms with Crippen molar-refractivity contribution in [2.24, 2.45) is 0 Å². The van der Waals surface area contributed by atoms with E-state index in [1.165, 1.54) is 19.3 Å². The molecule has 0 bridgehead atoms. The maximum atomic E-state index is 9.70. The Kier molecular flexibility index (Phi) is 11.3. The zero-order valence-corrected chi connectivity index (χ0v) is 11.4. The number of alkyl halides is 1. The van der Waals surface area contributed by atoms with Gasteiger partial charge in [0.1, 0.15) is 0 Å². The molecule has 0 aliphatic rings. The second-order valence-corrected chi connectivity index (χ2v) is 4.65. The molecule has 1 N–H and O–H groups in total. The molecule has 0 aromatic carbocycles. The second kappa shape index (κ2) is 11.8. The maximum Gasteiger partial charge on any atom is 0.0741 e. The van der Waals surface area contributed by atoms with E-state index in [4.69, 9.17) is 18.0 Å². The van der Waals surface area contributed by atoms with Gasteiger partial charge in [-0.05, 0) is 31.8 Å². The minimum Gasteiger partial charge on any atom is -0.391 e. The van der Waals surface area contributed by atoms with E-state index < -0.39 is 6.10 Å². The highest BCUT2D eigenvalue weighted by atomic mass is 35.5. The second-order valence-electron chi connectivity index (χ2n) is 4.09. The van der Waals surface area contributed by atoms with Crippen LogP contribution in [0.25, 0.3) is 0 Å². The lowest BCUT2D eigenvalue weighted by Crippen LogP contribution is -2.19. The smallest absolute Gasteiger partial charge is 0.0741 e. The monoisotopic (exact) mass is 254 g/mol. The normalized spacial score (nSPS) is 15.2. The summed E-state index contributed by atoms with van der Waals surface area (Å²) in [5.74, 6) is 2.39. The Morgan fingerprint density at radius 3 is 2.65 bits per heavy atom. The topological polar surface area (TPSA) is 20.2 Å². The average molecular weight is 255 g/mol. The van der Waals surface area contributed by atoms with E-state index in [-0.39, 0.29) is 5.38 Å². The Hall–Kier alpha value is -0.710. The van der Waals surface area contributed by atoms with Gasteiger partial charge in [0.25, 0.3) is 0 Å². The fourth-order valence-corrected chi connectivity index (χ4v) is 1.64. The van der Waals surface area contributed by atoms with Gasteiger partial charge in [-0.1, -0.05) is 43.9 Å². The lowest BCUT2D eigenvalue weighted by atomic mass is 10.1. The highest BCUT2D eigenvalue weighted by molar-refractivity contribution is 6.21. The predicted molar refractivity (Wildman–Crippen MR) is 76.1 cm³/mol. The van der Waals surface area contributed by atoms with Crippen LogP contribution < -0.4 is 0 Å². The van der Waals surface area contributed by atoms with Crippen LogP contribution in [-0.2, 0) is 0 Å². The van der Waals surface area contributed by atoms with Crippen molar-refractivity contribution in [2.75, 3.05) is 0 Å². The Morgan fingerprint density at radius 1 is 1.24 bits per heavy atom. The summed E-state index contributed by atoms with van der Waals surface area (Å²) in [7, 11) is 0. The lowest BCUT2D eigenvalue weighted by Gasteiger charge is -2.12. The van der Waals surface area contributed by atoms with Gasteiger partial charge in [-0.2, -0.15) is 0 Å². The van der Waals surface area contributed by atoms with E-state index in [9.17, 15) is 5.11 Å². The molecule has 0 aromatic heterocycles. The summed E-state index contributed by atoms with van der Waals surface area (Å²) in [5, 5.41) is 9.46. The standard InChI is InChI=1S/C15H23ClO/c1-3-5-7-8-9-11-12-14(16)15(17)13-10-6-4-2/h2,6,9-11,14-15,17H,3,5,7-8,12-13H2,1H3/b10-6-,11-9-/t14-,15-/m0/s1. The molecular formula is C15H23ClO. The molecule has 0 spiro atoms. The zero-order chi connectivity index (χ0) is 12.9. The molecule has 0 heterocycles. The van der Waals surface area contributed by atoms with Crippen LogP contribution in [0, 0.1) is 12.3 Å². The molecule has 2 heteroatoms. The van der Waals surface area contributed by atoms with Crippen LogP contribution in [0.3, 0.4) is 0 Å². The fourth-order valence-electron chi connectivity index (χ4n) is 1.44. The van der Waals surface area contributed by atoms with Crippen LogP contribution in [0.1, 0.15) is 45.4 Å². The van der Waals surface area contributed by atoms with Crippen LogP contribution in [0.2, 0.25) is 0 Å². The van der Waals surface area contributed by atoms with Crippen molar-refractivity contribution in [2.45, 2.75) is 56.9 Å². The van der Waals surface area contributed by atoms with Crippen LogP contribution in [0.4, 0.5) is 0 Å². The molecule has 0 amide bonds. The van der Waals surface area contributed by atoms with E-state index in [0.29, 0.717) is 12.8 Å². The summed E-state index contributed by atoms with van der Waals surface area (Å²) < 4.78 is 0. The molecule has 0 rings (SSSR count). The summed E-state index contributed by atoms with van der Waals surface area (Å²) in [6.07, 6.45) is 18.2. The first kappa shape index (κ1) is 16.3. The third kappa shape index (κ3) is 10.2. The minimum atomic E-state index is -0.526. The number of terminal acetylenes is 1. The predicted octanol–water partition coefficient (Wildman–Crippen LogP) is 4.06. The third-order valence-electron chi connectivity index (χ3n) is 2.51. The first-order valence-corrected chi connectivity index (χ1v) is 6.74. The number of aliphatic hydroxyl groups excluding tert-OH is 1. The van der Waals surface area contributed by atoms with E-state index in [2.05, 4.69) is 25.0 Å². The molecule has 0 saturated carbocycles. The molecule has 0 fully saturated rings. The number of aliphatic hydroxyl groups is 1. The van der Waals surface area contributed by atoms with E-state index in [0.717, 1.165) is 6.42 Å². The highest BCUT2D eigenvalue weighted by Gasteiger charge is 2.12. The molecule has 1 nitrogen and oxygen atoms in total. The molecule has 0 aliphatic carbocycles. The van der Waals surface area contributed by atoms with Gasteiger partial charge >= 0.3 is 0 Å².